The zero-order valence-corrected chi connectivity index (χ0v) is 8.14. The van der Waals surface area contributed by atoms with Crippen molar-refractivity contribution >= 4 is 19.0 Å². The molecule has 0 spiro atoms. The Bertz CT molecular complexity index is 467. The maximum atomic E-state index is 12.9. The molecule has 3 nitrogen and oxygen atoms in total. The first-order chi connectivity index (χ1) is 6.79. The highest BCUT2D eigenvalue weighted by molar-refractivity contribution is 7.60. The molecular formula is C8H6F3O3P. The molecule has 0 aromatic heterocycles. The molecule has 15 heavy (non-hydrogen) atoms. The maximum absolute atomic E-state index is 12.9. The summed E-state index contributed by atoms with van der Waals surface area (Å²) in [5.41, 5.74) is -0.507. The van der Waals surface area contributed by atoms with E-state index in [1.807, 2.05) is 0 Å². The topological polar surface area (TPSA) is 57.5 Å². The van der Waals surface area contributed by atoms with Crippen molar-refractivity contribution in [2.24, 2.45) is 0 Å². The average Bonchev–Trinajstić information content (AvgIpc) is 2.13. The zero-order chi connectivity index (χ0) is 11.8. The van der Waals surface area contributed by atoms with Crippen molar-refractivity contribution in [3.05, 3.63) is 35.7 Å². The van der Waals surface area contributed by atoms with E-state index < -0.39 is 35.9 Å². The van der Waals surface area contributed by atoms with Crippen molar-refractivity contribution < 1.29 is 27.5 Å². The molecule has 7 heteroatoms. The van der Waals surface area contributed by atoms with E-state index in [-0.39, 0.29) is 0 Å². The molecule has 1 aromatic carbocycles. The SMILES string of the molecule is C=Cc1cc(P(=O)(O)O)c(F)c(F)c1F. The lowest BCUT2D eigenvalue weighted by atomic mass is 10.2. The van der Waals surface area contributed by atoms with Gasteiger partial charge in [0, 0.05) is 5.56 Å². The Labute approximate surface area is 83.0 Å². The molecule has 0 saturated carbocycles. The van der Waals surface area contributed by atoms with Crippen LogP contribution < -0.4 is 5.30 Å². The number of halogens is 3. The zero-order valence-electron chi connectivity index (χ0n) is 7.25. The molecule has 0 aliphatic carbocycles. The van der Waals surface area contributed by atoms with Crippen LogP contribution >= 0.6 is 7.60 Å². The summed E-state index contributed by atoms with van der Waals surface area (Å²) in [6, 6.07) is 0.529. The summed E-state index contributed by atoms with van der Waals surface area (Å²) in [5, 5.41) is -1.18. The second-order valence-electron chi connectivity index (χ2n) is 2.68. The van der Waals surface area contributed by atoms with Gasteiger partial charge in [-0.2, -0.15) is 0 Å². The van der Waals surface area contributed by atoms with Crippen molar-refractivity contribution in [2.75, 3.05) is 0 Å². The highest BCUT2D eigenvalue weighted by atomic mass is 31.2. The van der Waals surface area contributed by atoms with Crippen LogP contribution in [-0.2, 0) is 4.57 Å². The van der Waals surface area contributed by atoms with E-state index in [0.29, 0.717) is 6.07 Å². The third-order valence-electron chi connectivity index (χ3n) is 1.69. The summed E-state index contributed by atoms with van der Waals surface area (Å²) in [5.74, 6) is -5.34. The molecule has 1 rings (SSSR count). The van der Waals surface area contributed by atoms with Gasteiger partial charge in [0.05, 0.1) is 0 Å². The predicted octanol–water partition coefficient (Wildman–Crippen LogP) is 1.55. The predicted molar refractivity (Wildman–Crippen MR) is 48.1 cm³/mol. The summed E-state index contributed by atoms with van der Waals surface area (Å²) in [6.45, 7) is 3.10. The van der Waals surface area contributed by atoms with Crippen molar-refractivity contribution in [1.29, 1.82) is 0 Å². The van der Waals surface area contributed by atoms with Gasteiger partial charge in [0.2, 0.25) is 0 Å². The molecule has 0 amide bonds. The second kappa shape index (κ2) is 3.81. The fourth-order valence-corrected chi connectivity index (χ4v) is 1.63. The lowest BCUT2D eigenvalue weighted by Gasteiger charge is -2.08. The van der Waals surface area contributed by atoms with E-state index in [2.05, 4.69) is 6.58 Å². The van der Waals surface area contributed by atoms with E-state index in [1.54, 1.807) is 0 Å². The first-order valence-electron chi connectivity index (χ1n) is 3.65. The van der Waals surface area contributed by atoms with Crippen LogP contribution in [0.15, 0.2) is 12.6 Å². The normalized spacial score (nSPS) is 11.5. The van der Waals surface area contributed by atoms with Gasteiger partial charge in [0.15, 0.2) is 17.5 Å². The molecule has 0 aliphatic heterocycles. The van der Waals surface area contributed by atoms with Crippen LogP contribution in [0.1, 0.15) is 5.56 Å². The minimum atomic E-state index is -4.97. The highest BCUT2D eigenvalue weighted by Crippen LogP contribution is 2.36. The first kappa shape index (κ1) is 12.0. The van der Waals surface area contributed by atoms with Gasteiger partial charge >= 0.3 is 7.60 Å². The van der Waals surface area contributed by atoms with Crippen molar-refractivity contribution in [1.82, 2.24) is 0 Å². The van der Waals surface area contributed by atoms with Crippen molar-refractivity contribution in [3.8, 4) is 0 Å². The quantitative estimate of drug-likeness (QED) is 0.607. The van der Waals surface area contributed by atoms with Crippen LogP contribution in [-0.4, -0.2) is 9.79 Å². The molecule has 1 aromatic rings. The number of rotatable bonds is 2. The minimum Gasteiger partial charge on any atom is -0.321 e. The van der Waals surface area contributed by atoms with Crippen LogP contribution in [0.25, 0.3) is 6.08 Å². The summed E-state index contributed by atoms with van der Waals surface area (Å²) in [4.78, 5) is 17.3. The molecule has 0 unspecified atom stereocenters. The Morgan fingerprint density at radius 2 is 1.73 bits per heavy atom. The smallest absolute Gasteiger partial charge is 0.321 e. The average molecular weight is 238 g/mol. The Kier molecular flexibility index (Phi) is 3.04. The summed E-state index contributed by atoms with van der Waals surface area (Å²) >= 11 is 0. The van der Waals surface area contributed by atoms with Gasteiger partial charge in [-0.3, -0.25) is 4.57 Å². The van der Waals surface area contributed by atoms with Crippen LogP contribution in [0.4, 0.5) is 13.2 Å². The maximum Gasteiger partial charge on any atom is 0.359 e. The number of benzene rings is 1. The van der Waals surface area contributed by atoms with E-state index in [1.165, 1.54) is 0 Å². The summed E-state index contributed by atoms with van der Waals surface area (Å²) < 4.78 is 49.4. The van der Waals surface area contributed by atoms with Crippen LogP contribution in [0.5, 0.6) is 0 Å². The summed E-state index contributed by atoms with van der Waals surface area (Å²) in [6.07, 6.45) is 0.830. The van der Waals surface area contributed by atoms with E-state index in [4.69, 9.17) is 9.79 Å². The lowest BCUT2D eigenvalue weighted by molar-refractivity contribution is 0.382. The lowest BCUT2D eigenvalue weighted by Crippen LogP contribution is -2.14. The van der Waals surface area contributed by atoms with Gasteiger partial charge in [0.25, 0.3) is 0 Å². The third kappa shape index (κ3) is 2.12. The van der Waals surface area contributed by atoms with E-state index in [0.717, 1.165) is 6.08 Å². The van der Waals surface area contributed by atoms with E-state index in [9.17, 15) is 17.7 Å². The molecule has 0 saturated heterocycles. The first-order valence-corrected chi connectivity index (χ1v) is 5.26. The minimum absolute atomic E-state index is 0.507. The second-order valence-corrected chi connectivity index (χ2v) is 4.24. The molecule has 0 heterocycles. The molecule has 82 valence electrons. The van der Waals surface area contributed by atoms with Crippen molar-refractivity contribution in [2.45, 2.75) is 0 Å². The Morgan fingerprint density at radius 3 is 2.13 bits per heavy atom. The fraction of sp³-hybridized carbons (Fsp3) is 0. The van der Waals surface area contributed by atoms with E-state index >= 15 is 0 Å². The molecular weight excluding hydrogens is 232 g/mol. The summed E-state index contributed by atoms with van der Waals surface area (Å²) in [7, 11) is -4.97. The standard InChI is InChI=1S/C8H6F3O3P/c1-2-4-3-5(15(12,13)14)7(10)8(11)6(4)9/h2-3H,1H2,(H2,12,13,14). The molecule has 0 atom stereocenters. The van der Waals surface area contributed by atoms with Gasteiger partial charge in [0.1, 0.15) is 5.30 Å². The Hall–Kier alpha value is -1.10. The van der Waals surface area contributed by atoms with Gasteiger partial charge in [-0.1, -0.05) is 12.7 Å². The Balaban J connectivity index is 3.64. The van der Waals surface area contributed by atoms with Crippen molar-refractivity contribution in [3.63, 3.8) is 0 Å². The highest BCUT2D eigenvalue weighted by Gasteiger charge is 2.28. The molecule has 0 bridgehead atoms. The van der Waals surface area contributed by atoms with Gasteiger partial charge in [-0.25, -0.2) is 13.2 Å². The van der Waals surface area contributed by atoms with Gasteiger partial charge < -0.3 is 9.79 Å². The third-order valence-corrected chi connectivity index (χ3v) is 2.64. The van der Waals surface area contributed by atoms with Crippen LogP contribution in [0.3, 0.4) is 0 Å². The molecule has 0 fully saturated rings. The van der Waals surface area contributed by atoms with Crippen LogP contribution in [0.2, 0.25) is 0 Å². The molecule has 0 aliphatic rings. The number of hydrogen-bond acceptors (Lipinski definition) is 1. The Morgan fingerprint density at radius 1 is 1.20 bits per heavy atom. The molecule has 2 N–H and O–H groups in total. The van der Waals surface area contributed by atoms with Gasteiger partial charge in [-0.15, -0.1) is 0 Å². The molecule has 0 radical (unpaired) electrons. The fourth-order valence-electron chi connectivity index (χ4n) is 0.970. The monoisotopic (exact) mass is 238 g/mol. The van der Waals surface area contributed by atoms with Crippen LogP contribution in [0, 0.1) is 17.5 Å². The largest absolute Gasteiger partial charge is 0.359 e. The number of hydrogen-bond donors (Lipinski definition) is 2. The van der Waals surface area contributed by atoms with Gasteiger partial charge in [-0.05, 0) is 6.07 Å².